The van der Waals surface area contributed by atoms with Crippen molar-refractivity contribution in [2.75, 3.05) is 0 Å². The summed E-state index contributed by atoms with van der Waals surface area (Å²) < 4.78 is 7.55. The molecule has 0 spiro atoms. The number of nitrogens with one attached hydrogen (secondary N) is 1. The molecule has 132 valence electrons. The molecule has 4 rings (SSSR count). The summed E-state index contributed by atoms with van der Waals surface area (Å²) in [7, 11) is 0. The molecule has 5 nitrogen and oxygen atoms in total. The second-order valence-electron chi connectivity index (χ2n) is 6.73. The molecule has 0 unspecified atom stereocenters. The first kappa shape index (κ1) is 16.4. The zero-order chi connectivity index (χ0) is 18.1. The molecule has 0 fully saturated rings. The lowest BCUT2D eigenvalue weighted by Gasteiger charge is -2.19. The van der Waals surface area contributed by atoms with Crippen LogP contribution in [0, 0.1) is 13.8 Å². The van der Waals surface area contributed by atoms with E-state index in [1.807, 2.05) is 50.2 Å². The van der Waals surface area contributed by atoms with Gasteiger partial charge in [0.1, 0.15) is 18.9 Å². The number of fused-ring (bicyclic) bond motifs is 3. The molecule has 2 heterocycles. The largest absolute Gasteiger partial charge is 0.488 e. The first-order valence-electron chi connectivity index (χ1n) is 8.71. The Morgan fingerprint density at radius 3 is 2.73 bits per heavy atom. The molecule has 0 bridgehead atoms. The van der Waals surface area contributed by atoms with E-state index >= 15 is 0 Å². The van der Waals surface area contributed by atoms with Gasteiger partial charge in [-0.25, -0.2) is 0 Å². The monoisotopic (exact) mass is 347 g/mol. The number of hydrogen-bond acceptors (Lipinski definition) is 3. The molecule has 26 heavy (non-hydrogen) atoms. The molecule has 0 saturated carbocycles. The zero-order valence-electron chi connectivity index (χ0n) is 15.0. The van der Waals surface area contributed by atoms with E-state index in [4.69, 9.17) is 4.74 Å². The van der Waals surface area contributed by atoms with Crippen molar-refractivity contribution >= 4 is 5.91 Å². The predicted octanol–water partition coefficient (Wildman–Crippen LogP) is 3.38. The minimum absolute atomic E-state index is 0.0582. The van der Waals surface area contributed by atoms with E-state index < -0.39 is 0 Å². The molecule has 0 saturated heterocycles. The van der Waals surface area contributed by atoms with E-state index in [0.717, 1.165) is 33.7 Å². The highest BCUT2D eigenvalue weighted by Gasteiger charge is 2.23. The average Bonchev–Trinajstić information content (AvgIpc) is 3.04. The van der Waals surface area contributed by atoms with Crippen molar-refractivity contribution in [1.29, 1.82) is 0 Å². The summed E-state index contributed by atoms with van der Waals surface area (Å²) in [5, 5.41) is 7.38. The third kappa shape index (κ3) is 3.20. The maximum atomic E-state index is 12.4. The summed E-state index contributed by atoms with van der Waals surface area (Å²) in [5.74, 6) is 0.780. The van der Waals surface area contributed by atoms with Crippen molar-refractivity contribution in [3.8, 4) is 17.0 Å². The molecule has 1 aliphatic heterocycles. The fourth-order valence-electron chi connectivity index (χ4n) is 3.17. The number of carbonyl (C=O) groups excluding carboxylic acids is 1. The molecule has 1 amide bonds. The van der Waals surface area contributed by atoms with E-state index in [2.05, 4.69) is 16.5 Å². The molecule has 1 aliphatic rings. The molecule has 0 atom stereocenters. The molecule has 3 aromatic rings. The van der Waals surface area contributed by atoms with Crippen LogP contribution in [0.5, 0.6) is 5.75 Å². The lowest BCUT2D eigenvalue weighted by molar-refractivity contribution is -0.122. The van der Waals surface area contributed by atoms with Crippen LogP contribution in [-0.2, 0) is 24.5 Å². The molecule has 5 heteroatoms. The second-order valence-corrected chi connectivity index (χ2v) is 6.73. The third-order valence-electron chi connectivity index (χ3n) is 4.59. The summed E-state index contributed by atoms with van der Waals surface area (Å²) >= 11 is 0. The number of hydrogen-bond donors (Lipinski definition) is 1. The number of nitrogens with zero attached hydrogens (tertiary/aromatic N) is 2. The Morgan fingerprint density at radius 2 is 1.92 bits per heavy atom. The van der Waals surface area contributed by atoms with Gasteiger partial charge in [0.15, 0.2) is 0 Å². The van der Waals surface area contributed by atoms with Gasteiger partial charge in [-0.05, 0) is 31.5 Å². The van der Waals surface area contributed by atoms with Crippen LogP contribution in [0.3, 0.4) is 0 Å². The quantitative estimate of drug-likeness (QED) is 0.787. The van der Waals surface area contributed by atoms with Gasteiger partial charge in [0.05, 0.1) is 11.9 Å². The van der Waals surface area contributed by atoms with E-state index in [1.54, 1.807) is 10.9 Å². The van der Waals surface area contributed by atoms with Crippen LogP contribution in [0.15, 0.2) is 48.7 Å². The van der Waals surface area contributed by atoms with E-state index in [1.165, 1.54) is 5.56 Å². The van der Waals surface area contributed by atoms with Crippen LogP contribution in [0.25, 0.3) is 11.3 Å². The molecular weight excluding hydrogens is 326 g/mol. The van der Waals surface area contributed by atoms with E-state index in [0.29, 0.717) is 13.2 Å². The third-order valence-corrected chi connectivity index (χ3v) is 4.59. The maximum absolute atomic E-state index is 12.4. The minimum Gasteiger partial charge on any atom is -0.488 e. The Labute approximate surface area is 152 Å². The number of ether oxygens (including phenoxy) is 1. The van der Waals surface area contributed by atoms with Crippen LogP contribution in [0.2, 0.25) is 0 Å². The molecular formula is C21H21N3O2. The number of aryl methyl sites for hydroxylation is 2. The fourth-order valence-corrected chi connectivity index (χ4v) is 3.17. The first-order valence-corrected chi connectivity index (χ1v) is 8.71. The Kier molecular flexibility index (Phi) is 4.21. The van der Waals surface area contributed by atoms with Gasteiger partial charge in [-0.3, -0.25) is 9.48 Å². The van der Waals surface area contributed by atoms with Crippen molar-refractivity contribution in [3.05, 3.63) is 70.9 Å². The van der Waals surface area contributed by atoms with Gasteiger partial charge in [0.2, 0.25) is 5.91 Å². The van der Waals surface area contributed by atoms with Crippen LogP contribution in [-0.4, -0.2) is 15.7 Å². The summed E-state index contributed by atoms with van der Waals surface area (Å²) in [6, 6.07) is 14.2. The van der Waals surface area contributed by atoms with Crippen LogP contribution in [0.1, 0.15) is 22.3 Å². The first-order chi connectivity index (χ1) is 12.6. The Balaban J connectivity index is 1.50. The molecule has 1 N–H and O–H groups in total. The number of benzene rings is 2. The maximum Gasteiger partial charge on any atom is 0.242 e. The van der Waals surface area contributed by atoms with Crippen LogP contribution in [0.4, 0.5) is 0 Å². The highest BCUT2D eigenvalue weighted by atomic mass is 16.5. The van der Waals surface area contributed by atoms with Gasteiger partial charge < -0.3 is 10.1 Å². The van der Waals surface area contributed by atoms with Crippen molar-refractivity contribution in [2.24, 2.45) is 0 Å². The predicted molar refractivity (Wildman–Crippen MR) is 99.8 cm³/mol. The summed E-state index contributed by atoms with van der Waals surface area (Å²) in [5.41, 5.74) is 6.42. The lowest BCUT2D eigenvalue weighted by Crippen LogP contribution is -2.28. The fraction of sp³-hybridized carbons (Fsp3) is 0.238. The standard InChI is InChI=1S/C21H21N3O2/c1-14-3-6-16(7-4-14)10-22-20(25)12-24-21-17(11-23-24)13-26-19-8-5-15(2)9-18(19)21/h3-9,11H,10,12-13H2,1-2H3,(H,22,25). The van der Waals surface area contributed by atoms with Crippen molar-refractivity contribution in [3.63, 3.8) is 0 Å². The topological polar surface area (TPSA) is 56.2 Å². The van der Waals surface area contributed by atoms with Gasteiger partial charge >= 0.3 is 0 Å². The Hall–Kier alpha value is -3.08. The van der Waals surface area contributed by atoms with Crippen molar-refractivity contribution in [1.82, 2.24) is 15.1 Å². The van der Waals surface area contributed by atoms with Gasteiger partial charge in [-0.2, -0.15) is 5.10 Å². The number of rotatable bonds is 4. The number of carbonyl (C=O) groups is 1. The number of amides is 1. The normalized spacial score (nSPS) is 12.1. The Morgan fingerprint density at radius 1 is 1.15 bits per heavy atom. The summed E-state index contributed by atoms with van der Waals surface area (Å²) in [6.45, 7) is 5.28. The minimum atomic E-state index is -0.0582. The summed E-state index contributed by atoms with van der Waals surface area (Å²) in [6.07, 6.45) is 1.79. The SMILES string of the molecule is Cc1ccc(CNC(=O)Cn2ncc3c2-c2cc(C)ccc2OC3)cc1. The van der Waals surface area contributed by atoms with E-state index in [9.17, 15) is 4.79 Å². The zero-order valence-corrected chi connectivity index (χ0v) is 15.0. The average molecular weight is 347 g/mol. The van der Waals surface area contributed by atoms with Gasteiger partial charge in [0.25, 0.3) is 0 Å². The summed E-state index contributed by atoms with van der Waals surface area (Å²) in [4.78, 5) is 12.4. The van der Waals surface area contributed by atoms with Crippen LogP contribution >= 0.6 is 0 Å². The van der Waals surface area contributed by atoms with Gasteiger partial charge in [-0.15, -0.1) is 0 Å². The van der Waals surface area contributed by atoms with Crippen molar-refractivity contribution < 1.29 is 9.53 Å². The molecule has 1 aromatic heterocycles. The number of aromatic nitrogens is 2. The van der Waals surface area contributed by atoms with Gasteiger partial charge in [0, 0.05) is 17.7 Å². The highest BCUT2D eigenvalue weighted by molar-refractivity contribution is 5.78. The smallest absolute Gasteiger partial charge is 0.242 e. The second kappa shape index (κ2) is 6.67. The lowest BCUT2D eigenvalue weighted by atomic mass is 10.0. The van der Waals surface area contributed by atoms with Crippen LogP contribution < -0.4 is 10.1 Å². The van der Waals surface area contributed by atoms with Crippen molar-refractivity contribution in [2.45, 2.75) is 33.5 Å². The molecule has 0 aliphatic carbocycles. The highest BCUT2D eigenvalue weighted by Crippen LogP contribution is 2.37. The Bertz CT molecular complexity index is 958. The van der Waals surface area contributed by atoms with E-state index in [-0.39, 0.29) is 12.5 Å². The molecule has 0 radical (unpaired) electrons. The van der Waals surface area contributed by atoms with Gasteiger partial charge in [-0.1, -0.05) is 41.5 Å². The molecule has 2 aromatic carbocycles.